The number of aryl methyl sites for hydroxylation is 2. The number of H-pyrrole nitrogens is 1. The van der Waals surface area contributed by atoms with Crippen LogP contribution in [0, 0.1) is 6.92 Å². The van der Waals surface area contributed by atoms with Gasteiger partial charge in [-0.1, -0.05) is 17.7 Å². The number of carbonyl (C=O) groups is 1. The summed E-state index contributed by atoms with van der Waals surface area (Å²) in [7, 11) is 3.15. The molecule has 1 heterocycles. The van der Waals surface area contributed by atoms with Crippen molar-refractivity contribution in [3.05, 3.63) is 69.5 Å². The molecule has 0 atom stereocenters. The molecular weight excluding hydrogens is 356 g/mol. The van der Waals surface area contributed by atoms with Crippen molar-refractivity contribution >= 4 is 16.8 Å². The molecule has 0 spiro atoms. The van der Waals surface area contributed by atoms with E-state index in [4.69, 9.17) is 9.47 Å². The van der Waals surface area contributed by atoms with Gasteiger partial charge in [0.2, 0.25) is 5.91 Å². The predicted molar refractivity (Wildman–Crippen MR) is 109 cm³/mol. The van der Waals surface area contributed by atoms with Crippen molar-refractivity contribution in [2.75, 3.05) is 14.2 Å². The summed E-state index contributed by atoms with van der Waals surface area (Å²) in [5.41, 5.74) is 3.30. The maximum absolute atomic E-state index is 12.2. The van der Waals surface area contributed by atoms with Gasteiger partial charge in [0.1, 0.15) is 0 Å². The van der Waals surface area contributed by atoms with E-state index in [2.05, 4.69) is 10.3 Å². The highest BCUT2D eigenvalue weighted by Gasteiger charge is 2.09. The maximum atomic E-state index is 12.2. The second kappa shape index (κ2) is 8.61. The molecule has 0 unspecified atom stereocenters. The van der Waals surface area contributed by atoms with Crippen LogP contribution in [0.25, 0.3) is 10.9 Å². The molecule has 0 aliphatic carbocycles. The van der Waals surface area contributed by atoms with Crippen LogP contribution < -0.4 is 20.3 Å². The number of hydrogen-bond donors (Lipinski definition) is 2. The van der Waals surface area contributed by atoms with Crippen molar-refractivity contribution in [3.63, 3.8) is 0 Å². The van der Waals surface area contributed by atoms with Gasteiger partial charge in [-0.25, -0.2) is 0 Å². The topological polar surface area (TPSA) is 80.4 Å². The van der Waals surface area contributed by atoms with Crippen LogP contribution in [0.2, 0.25) is 0 Å². The number of pyridine rings is 1. The van der Waals surface area contributed by atoms with E-state index in [0.717, 1.165) is 22.0 Å². The first-order valence-corrected chi connectivity index (χ1v) is 9.10. The van der Waals surface area contributed by atoms with Gasteiger partial charge >= 0.3 is 0 Å². The Balaban J connectivity index is 1.61. The Morgan fingerprint density at radius 2 is 1.82 bits per heavy atom. The predicted octanol–water partition coefficient (Wildman–Crippen LogP) is 3.10. The summed E-state index contributed by atoms with van der Waals surface area (Å²) in [5, 5.41) is 3.85. The van der Waals surface area contributed by atoms with Crippen molar-refractivity contribution < 1.29 is 14.3 Å². The van der Waals surface area contributed by atoms with Gasteiger partial charge in [0.25, 0.3) is 5.56 Å². The van der Waals surface area contributed by atoms with Crippen LogP contribution in [0.3, 0.4) is 0 Å². The lowest BCUT2D eigenvalue weighted by molar-refractivity contribution is -0.121. The van der Waals surface area contributed by atoms with Crippen LogP contribution in [-0.4, -0.2) is 25.1 Å². The lowest BCUT2D eigenvalue weighted by atomic mass is 10.1. The molecule has 0 saturated heterocycles. The van der Waals surface area contributed by atoms with E-state index < -0.39 is 0 Å². The first-order chi connectivity index (χ1) is 13.5. The fraction of sp³-hybridized carbons (Fsp3) is 0.273. The molecule has 6 heteroatoms. The summed E-state index contributed by atoms with van der Waals surface area (Å²) in [6.45, 7) is 2.39. The van der Waals surface area contributed by atoms with Crippen molar-refractivity contribution in [1.29, 1.82) is 0 Å². The highest BCUT2D eigenvalue weighted by molar-refractivity contribution is 5.80. The van der Waals surface area contributed by atoms with E-state index in [9.17, 15) is 9.59 Å². The molecule has 3 aromatic rings. The Kier molecular flexibility index (Phi) is 5.99. The molecule has 1 aromatic heterocycles. The van der Waals surface area contributed by atoms with Gasteiger partial charge < -0.3 is 19.8 Å². The molecule has 0 aliphatic rings. The van der Waals surface area contributed by atoms with Crippen molar-refractivity contribution in [3.8, 4) is 11.5 Å². The molecule has 28 heavy (non-hydrogen) atoms. The summed E-state index contributed by atoms with van der Waals surface area (Å²) in [6.07, 6.45) is 0.630. The molecule has 1 amide bonds. The van der Waals surface area contributed by atoms with Gasteiger partial charge in [0.05, 0.1) is 14.2 Å². The molecule has 2 aromatic carbocycles. The molecule has 0 aliphatic heterocycles. The van der Waals surface area contributed by atoms with Crippen LogP contribution in [-0.2, 0) is 17.8 Å². The summed E-state index contributed by atoms with van der Waals surface area (Å²) >= 11 is 0. The van der Waals surface area contributed by atoms with Gasteiger partial charge in [-0.3, -0.25) is 9.59 Å². The number of methoxy groups -OCH3 is 2. The zero-order valence-electron chi connectivity index (χ0n) is 16.3. The van der Waals surface area contributed by atoms with E-state index in [0.29, 0.717) is 30.0 Å². The average molecular weight is 380 g/mol. The van der Waals surface area contributed by atoms with E-state index in [1.54, 1.807) is 20.3 Å². The number of nitrogens with one attached hydrogen (secondary N) is 2. The van der Waals surface area contributed by atoms with Crippen LogP contribution in [0.15, 0.2) is 47.3 Å². The monoisotopic (exact) mass is 380 g/mol. The van der Waals surface area contributed by atoms with Gasteiger partial charge in [-0.05, 0) is 54.6 Å². The minimum atomic E-state index is -0.149. The highest BCUT2D eigenvalue weighted by Crippen LogP contribution is 2.27. The smallest absolute Gasteiger partial charge is 0.251 e. The van der Waals surface area contributed by atoms with Crippen LogP contribution in [0.5, 0.6) is 11.5 Å². The molecule has 0 bridgehead atoms. The molecule has 2 N–H and O–H groups in total. The first-order valence-electron chi connectivity index (χ1n) is 9.10. The normalized spacial score (nSPS) is 10.7. The van der Waals surface area contributed by atoms with Gasteiger partial charge in [0.15, 0.2) is 11.5 Å². The average Bonchev–Trinajstić information content (AvgIpc) is 2.70. The zero-order valence-corrected chi connectivity index (χ0v) is 16.3. The SMILES string of the molecule is COc1ccc(CNC(=O)CCc2cc3cc(C)ccc3[nH]c2=O)cc1OC. The number of hydrogen-bond acceptors (Lipinski definition) is 4. The third kappa shape index (κ3) is 4.52. The summed E-state index contributed by atoms with van der Waals surface area (Å²) in [4.78, 5) is 27.3. The quantitative estimate of drug-likeness (QED) is 0.660. The van der Waals surface area contributed by atoms with Crippen molar-refractivity contribution in [2.45, 2.75) is 26.3 Å². The fourth-order valence-corrected chi connectivity index (χ4v) is 3.08. The molecule has 0 saturated carbocycles. The van der Waals surface area contributed by atoms with Crippen LogP contribution >= 0.6 is 0 Å². The summed E-state index contributed by atoms with van der Waals surface area (Å²) in [5.74, 6) is 1.15. The molecule has 3 rings (SSSR count). The highest BCUT2D eigenvalue weighted by atomic mass is 16.5. The molecule has 6 nitrogen and oxygen atoms in total. The largest absolute Gasteiger partial charge is 0.493 e. The Morgan fingerprint density at radius 3 is 2.57 bits per heavy atom. The van der Waals surface area contributed by atoms with Gasteiger partial charge in [-0.2, -0.15) is 0 Å². The van der Waals surface area contributed by atoms with Gasteiger partial charge in [-0.15, -0.1) is 0 Å². The van der Waals surface area contributed by atoms with Crippen molar-refractivity contribution in [1.82, 2.24) is 10.3 Å². The third-order valence-electron chi connectivity index (χ3n) is 4.64. The number of carbonyl (C=O) groups excluding carboxylic acids is 1. The van der Waals surface area contributed by atoms with E-state index in [-0.39, 0.29) is 17.9 Å². The number of aromatic amines is 1. The number of rotatable bonds is 7. The van der Waals surface area contributed by atoms with E-state index in [1.807, 2.05) is 43.3 Å². The minimum Gasteiger partial charge on any atom is -0.493 e. The van der Waals surface area contributed by atoms with Gasteiger partial charge in [0, 0.05) is 24.0 Å². The Hall–Kier alpha value is -3.28. The summed E-state index contributed by atoms with van der Waals surface area (Å²) < 4.78 is 10.5. The number of ether oxygens (including phenoxy) is 2. The lowest BCUT2D eigenvalue weighted by Gasteiger charge is -2.10. The standard InChI is InChI=1S/C22H24N2O4/c1-14-4-7-18-17(10-14)12-16(22(26)24-18)6-9-21(25)23-13-15-5-8-19(27-2)20(11-15)28-3/h4-5,7-8,10-12H,6,9,13H2,1-3H3,(H,23,25)(H,24,26). The van der Waals surface area contributed by atoms with Crippen LogP contribution in [0.4, 0.5) is 0 Å². The number of fused-ring (bicyclic) bond motifs is 1. The Labute approximate surface area is 163 Å². The molecular formula is C22H24N2O4. The first kappa shape index (κ1) is 19.5. The summed E-state index contributed by atoms with van der Waals surface area (Å²) in [6, 6.07) is 13.2. The number of benzene rings is 2. The number of aromatic nitrogens is 1. The second-order valence-electron chi connectivity index (χ2n) is 6.68. The molecule has 146 valence electrons. The maximum Gasteiger partial charge on any atom is 0.251 e. The fourth-order valence-electron chi connectivity index (χ4n) is 3.08. The Bertz CT molecular complexity index is 1060. The second-order valence-corrected chi connectivity index (χ2v) is 6.68. The Morgan fingerprint density at radius 1 is 1.04 bits per heavy atom. The number of amides is 1. The zero-order chi connectivity index (χ0) is 20.1. The molecule has 0 radical (unpaired) electrons. The lowest BCUT2D eigenvalue weighted by Crippen LogP contribution is -2.24. The van der Waals surface area contributed by atoms with E-state index in [1.165, 1.54) is 0 Å². The minimum absolute atomic E-state index is 0.112. The molecule has 0 fully saturated rings. The third-order valence-corrected chi connectivity index (χ3v) is 4.64. The van der Waals surface area contributed by atoms with Crippen LogP contribution in [0.1, 0.15) is 23.1 Å². The van der Waals surface area contributed by atoms with E-state index >= 15 is 0 Å². The van der Waals surface area contributed by atoms with Crippen molar-refractivity contribution in [2.24, 2.45) is 0 Å².